The van der Waals surface area contributed by atoms with Gasteiger partial charge in [0.1, 0.15) is 13.2 Å². The van der Waals surface area contributed by atoms with E-state index in [4.69, 9.17) is 14.2 Å². The van der Waals surface area contributed by atoms with E-state index in [1.807, 2.05) is 0 Å². The molecule has 83 heavy (non-hydrogen) atoms. The fourth-order valence-electron chi connectivity index (χ4n) is 9.51. The SMILES string of the molecule is CC/C=C\C/C=C\C/C=C\C/C=C\C/C=C\CCCC(=O)OC(COC(=O)CCCCCCC/C=C\C/C=C\CCC)COC(=O)CCCCCCCCCCCCCCCCCCCCCCCC/C=C\C/C=C\C/C=C\C/C=C\CC. The first-order valence-corrected chi connectivity index (χ1v) is 34.7. The van der Waals surface area contributed by atoms with Crippen LogP contribution in [-0.4, -0.2) is 37.2 Å². The molecule has 0 aliphatic rings. The molecule has 0 aliphatic carbocycles. The summed E-state index contributed by atoms with van der Waals surface area (Å²) in [6.07, 6.45) is 99.3. The van der Waals surface area contributed by atoms with E-state index in [1.54, 1.807) is 0 Å². The summed E-state index contributed by atoms with van der Waals surface area (Å²) in [5.41, 5.74) is 0. The van der Waals surface area contributed by atoms with Gasteiger partial charge in [0.15, 0.2) is 6.10 Å². The van der Waals surface area contributed by atoms with Gasteiger partial charge in [-0.05, 0) is 122 Å². The van der Waals surface area contributed by atoms with Crippen molar-refractivity contribution in [3.05, 3.63) is 134 Å². The maximum absolute atomic E-state index is 12.9. The summed E-state index contributed by atoms with van der Waals surface area (Å²) in [7, 11) is 0. The van der Waals surface area contributed by atoms with E-state index in [-0.39, 0.29) is 37.5 Å². The van der Waals surface area contributed by atoms with Crippen LogP contribution in [0.4, 0.5) is 0 Å². The first kappa shape index (κ1) is 78.5. The van der Waals surface area contributed by atoms with Crippen molar-refractivity contribution in [1.82, 2.24) is 0 Å². The van der Waals surface area contributed by atoms with Crippen LogP contribution in [0.25, 0.3) is 0 Å². The number of rotatable bonds is 62. The minimum atomic E-state index is -0.816. The smallest absolute Gasteiger partial charge is 0.306 e. The number of hydrogen-bond donors (Lipinski definition) is 0. The molecular weight excluding hydrogens is 1020 g/mol. The second-order valence-electron chi connectivity index (χ2n) is 22.7. The Balaban J connectivity index is 4.18. The molecule has 0 aliphatic heterocycles. The van der Waals surface area contributed by atoms with Gasteiger partial charge >= 0.3 is 17.9 Å². The Morgan fingerprint density at radius 1 is 0.253 bits per heavy atom. The molecule has 0 saturated heterocycles. The molecule has 472 valence electrons. The molecule has 0 N–H and O–H groups in total. The summed E-state index contributed by atoms with van der Waals surface area (Å²) < 4.78 is 16.9. The molecule has 6 heteroatoms. The molecule has 0 aromatic rings. The number of unbranched alkanes of at least 4 members (excludes halogenated alkanes) is 29. The normalized spacial score (nSPS) is 13.0. The van der Waals surface area contributed by atoms with Crippen LogP contribution in [0.3, 0.4) is 0 Å². The predicted molar refractivity (Wildman–Crippen MR) is 362 cm³/mol. The van der Waals surface area contributed by atoms with Gasteiger partial charge in [0.2, 0.25) is 0 Å². The molecule has 0 radical (unpaired) electrons. The van der Waals surface area contributed by atoms with E-state index in [9.17, 15) is 14.4 Å². The lowest BCUT2D eigenvalue weighted by atomic mass is 10.0. The Hall–Kier alpha value is -4.45. The maximum Gasteiger partial charge on any atom is 0.306 e. The fraction of sp³-hybridized carbons (Fsp3) is 0.675. The van der Waals surface area contributed by atoms with Gasteiger partial charge in [0.05, 0.1) is 0 Å². The third-order valence-corrected chi connectivity index (χ3v) is 14.6. The average molecular weight is 1150 g/mol. The summed E-state index contributed by atoms with van der Waals surface area (Å²) in [5.74, 6) is -0.972. The molecule has 6 nitrogen and oxygen atoms in total. The van der Waals surface area contributed by atoms with E-state index in [1.165, 1.54) is 135 Å². The lowest BCUT2D eigenvalue weighted by Crippen LogP contribution is -2.30. The first-order chi connectivity index (χ1) is 41.0. The molecule has 0 heterocycles. The maximum atomic E-state index is 12.9. The standard InChI is InChI=1S/C77H128O6/c1-4-7-10-13-16-19-22-25-27-29-30-31-32-33-34-35-36-37-38-39-40-41-42-43-44-45-46-48-49-52-55-58-61-64-67-70-76(79)82-73-74(72-81-75(78)69-66-63-60-57-54-51-24-21-18-15-12-9-6-3)83-77(80)71-68-65-62-59-56-53-50-47-28-26-23-20-17-14-11-8-5-2/h7-8,10-12,15-17,19-21,24-28,30-31,50,53,59,62,74H,4-6,9,13-14,18,22-23,29,32-49,51-52,54-58,60-61,63-73H2,1-3H3/b10-7-,11-8-,15-12-,19-16-,20-17-,24-21-,27-25-,28-26-,31-30-,53-50-,62-59-. The largest absolute Gasteiger partial charge is 0.462 e. The summed E-state index contributed by atoms with van der Waals surface area (Å²) in [6, 6.07) is 0. The topological polar surface area (TPSA) is 78.9 Å². The van der Waals surface area contributed by atoms with Crippen molar-refractivity contribution in [3.63, 3.8) is 0 Å². The molecule has 0 amide bonds. The highest BCUT2D eigenvalue weighted by atomic mass is 16.6. The second kappa shape index (κ2) is 70.0. The van der Waals surface area contributed by atoms with E-state index < -0.39 is 6.10 Å². The fourth-order valence-corrected chi connectivity index (χ4v) is 9.51. The summed E-state index contributed by atoms with van der Waals surface area (Å²) in [6.45, 7) is 6.31. The number of carbonyl (C=O) groups excluding carboxylic acids is 3. The molecular formula is C77H128O6. The Morgan fingerprint density at radius 3 is 0.771 bits per heavy atom. The van der Waals surface area contributed by atoms with Crippen molar-refractivity contribution in [2.75, 3.05) is 13.2 Å². The van der Waals surface area contributed by atoms with Crippen LogP contribution >= 0.6 is 0 Å². The van der Waals surface area contributed by atoms with E-state index in [2.05, 4.69) is 154 Å². The van der Waals surface area contributed by atoms with Crippen LogP contribution in [0.2, 0.25) is 0 Å². The van der Waals surface area contributed by atoms with Crippen molar-refractivity contribution < 1.29 is 28.6 Å². The van der Waals surface area contributed by atoms with Crippen LogP contribution in [0, 0.1) is 0 Å². The molecule has 0 rings (SSSR count). The third-order valence-electron chi connectivity index (χ3n) is 14.6. The predicted octanol–water partition coefficient (Wildman–Crippen LogP) is 24.1. The van der Waals surface area contributed by atoms with Crippen LogP contribution in [0.1, 0.15) is 316 Å². The van der Waals surface area contributed by atoms with Crippen LogP contribution in [0.15, 0.2) is 134 Å². The van der Waals surface area contributed by atoms with Crippen molar-refractivity contribution in [2.24, 2.45) is 0 Å². The first-order valence-electron chi connectivity index (χ1n) is 34.7. The molecule has 1 unspecified atom stereocenters. The monoisotopic (exact) mass is 1150 g/mol. The zero-order chi connectivity index (χ0) is 59.9. The van der Waals surface area contributed by atoms with Crippen LogP contribution in [0.5, 0.6) is 0 Å². The van der Waals surface area contributed by atoms with E-state index in [0.717, 1.165) is 135 Å². The highest BCUT2D eigenvalue weighted by Crippen LogP contribution is 2.17. The van der Waals surface area contributed by atoms with Gasteiger partial charge in [-0.3, -0.25) is 14.4 Å². The van der Waals surface area contributed by atoms with Gasteiger partial charge < -0.3 is 14.2 Å². The van der Waals surface area contributed by atoms with Crippen molar-refractivity contribution >= 4 is 17.9 Å². The lowest BCUT2D eigenvalue weighted by molar-refractivity contribution is -0.167. The van der Waals surface area contributed by atoms with Gasteiger partial charge in [0, 0.05) is 19.3 Å². The molecule has 0 bridgehead atoms. The Bertz CT molecular complexity index is 1750. The lowest BCUT2D eigenvalue weighted by Gasteiger charge is -2.18. The number of carbonyl (C=O) groups is 3. The number of ether oxygens (including phenoxy) is 3. The van der Waals surface area contributed by atoms with Gasteiger partial charge in [-0.25, -0.2) is 0 Å². The summed E-state index contributed by atoms with van der Waals surface area (Å²) >= 11 is 0. The minimum absolute atomic E-state index is 0.105. The third kappa shape index (κ3) is 68.2. The summed E-state index contributed by atoms with van der Waals surface area (Å²) in [5, 5.41) is 0. The summed E-state index contributed by atoms with van der Waals surface area (Å²) in [4.78, 5) is 38.3. The quantitative estimate of drug-likeness (QED) is 0.0261. The van der Waals surface area contributed by atoms with Gasteiger partial charge in [-0.1, -0.05) is 309 Å². The molecule has 0 fully saturated rings. The van der Waals surface area contributed by atoms with Crippen molar-refractivity contribution in [2.45, 2.75) is 322 Å². The molecule has 0 saturated carbocycles. The number of allylic oxidation sites excluding steroid dienone is 22. The minimum Gasteiger partial charge on any atom is -0.462 e. The van der Waals surface area contributed by atoms with E-state index in [0.29, 0.717) is 19.3 Å². The molecule has 0 aromatic carbocycles. The molecule has 1 atom stereocenters. The van der Waals surface area contributed by atoms with Crippen molar-refractivity contribution in [3.8, 4) is 0 Å². The zero-order valence-electron chi connectivity index (χ0n) is 54.2. The Labute approximate surface area is 513 Å². The van der Waals surface area contributed by atoms with Crippen molar-refractivity contribution in [1.29, 1.82) is 0 Å². The Morgan fingerprint density at radius 2 is 0.482 bits per heavy atom. The van der Waals surface area contributed by atoms with Gasteiger partial charge in [0.25, 0.3) is 0 Å². The highest BCUT2D eigenvalue weighted by Gasteiger charge is 2.19. The molecule has 0 aromatic heterocycles. The average Bonchev–Trinajstić information content (AvgIpc) is 3.49. The second-order valence-corrected chi connectivity index (χ2v) is 22.7. The molecule has 0 spiro atoms. The number of esters is 3. The van der Waals surface area contributed by atoms with Gasteiger partial charge in [-0.2, -0.15) is 0 Å². The van der Waals surface area contributed by atoms with Gasteiger partial charge in [-0.15, -0.1) is 0 Å². The van der Waals surface area contributed by atoms with Crippen LogP contribution < -0.4 is 0 Å². The zero-order valence-corrected chi connectivity index (χ0v) is 54.2. The Kier molecular flexibility index (Phi) is 66.3. The number of hydrogen-bond acceptors (Lipinski definition) is 6. The van der Waals surface area contributed by atoms with Crippen LogP contribution in [-0.2, 0) is 28.6 Å². The highest BCUT2D eigenvalue weighted by molar-refractivity contribution is 5.71. The van der Waals surface area contributed by atoms with E-state index >= 15 is 0 Å².